The number of sulfonamides is 1. The van der Waals surface area contributed by atoms with Crippen molar-refractivity contribution in [2.24, 2.45) is 11.1 Å². The Kier molecular flexibility index (Phi) is 4.52. The molecule has 0 aliphatic carbocycles. The van der Waals surface area contributed by atoms with Crippen LogP contribution in [0.15, 0.2) is 23.1 Å². The minimum Gasteiger partial charge on any atom is -0.397 e. The number of hydrogen-bond acceptors (Lipinski definition) is 5. The molecule has 1 heterocycles. The quantitative estimate of drug-likeness (QED) is 0.800. The highest BCUT2D eigenvalue weighted by molar-refractivity contribution is 7.89. The minimum atomic E-state index is -3.71. The fourth-order valence-corrected chi connectivity index (χ4v) is 3.16. The maximum Gasteiger partial charge on any atom is 0.238 e. The predicted octanol–water partition coefficient (Wildman–Crippen LogP) is 0.779. The molecule has 1 aliphatic heterocycles. The van der Waals surface area contributed by atoms with Crippen LogP contribution in [0.4, 0.5) is 11.4 Å². The van der Waals surface area contributed by atoms with Crippen molar-refractivity contribution in [3.8, 4) is 0 Å². The zero-order valence-electron chi connectivity index (χ0n) is 11.6. The first-order chi connectivity index (χ1) is 9.41. The molecule has 0 saturated carbocycles. The molecule has 4 N–H and O–H groups in total. The van der Waals surface area contributed by atoms with Gasteiger partial charge in [-0.15, -0.1) is 0 Å². The summed E-state index contributed by atoms with van der Waals surface area (Å²) in [6, 6.07) is 4.58. The lowest BCUT2D eigenvalue weighted by atomic mass is 9.98. The number of nitrogen functional groups attached to an aromatic ring is 1. The molecule has 1 atom stereocenters. The Morgan fingerprint density at radius 1 is 1.45 bits per heavy atom. The lowest BCUT2D eigenvalue weighted by Gasteiger charge is -2.35. The number of hydrogen-bond donors (Lipinski definition) is 2. The maximum atomic E-state index is 11.4. The van der Waals surface area contributed by atoms with E-state index in [4.69, 9.17) is 15.6 Å². The third kappa shape index (κ3) is 3.41. The van der Waals surface area contributed by atoms with Crippen LogP contribution in [0, 0.1) is 5.92 Å². The van der Waals surface area contributed by atoms with Gasteiger partial charge in [-0.25, -0.2) is 13.6 Å². The van der Waals surface area contributed by atoms with Crippen LogP contribution in [0.5, 0.6) is 0 Å². The molecule has 1 aromatic carbocycles. The van der Waals surface area contributed by atoms with Gasteiger partial charge in [0, 0.05) is 20.2 Å². The highest BCUT2D eigenvalue weighted by Gasteiger charge is 2.22. The fraction of sp³-hybridized carbons (Fsp3) is 0.538. The summed E-state index contributed by atoms with van der Waals surface area (Å²) in [4.78, 5) is 2.20. The van der Waals surface area contributed by atoms with Crippen molar-refractivity contribution >= 4 is 21.4 Å². The Morgan fingerprint density at radius 2 is 2.20 bits per heavy atom. The molecule has 6 nitrogen and oxygen atoms in total. The third-order valence-electron chi connectivity index (χ3n) is 3.59. The molecule has 2 rings (SSSR count). The van der Waals surface area contributed by atoms with Gasteiger partial charge in [-0.1, -0.05) is 0 Å². The van der Waals surface area contributed by atoms with E-state index in [1.54, 1.807) is 19.2 Å². The molecule has 7 heteroatoms. The number of benzene rings is 1. The highest BCUT2D eigenvalue weighted by atomic mass is 32.2. The van der Waals surface area contributed by atoms with E-state index >= 15 is 0 Å². The second kappa shape index (κ2) is 5.99. The molecule has 0 amide bonds. The number of piperidine rings is 1. The number of nitrogens with zero attached hydrogens (tertiary/aromatic N) is 1. The second-order valence-electron chi connectivity index (χ2n) is 5.18. The molecular weight excluding hydrogens is 278 g/mol. The summed E-state index contributed by atoms with van der Waals surface area (Å²) in [6.07, 6.45) is 2.15. The summed E-state index contributed by atoms with van der Waals surface area (Å²) in [7, 11) is -2.02. The summed E-state index contributed by atoms with van der Waals surface area (Å²) in [5.41, 5.74) is 7.27. The van der Waals surface area contributed by atoms with Gasteiger partial charge < -0.3 is 15.4 Å². The normalized spacial score (nSPS) is 20.1. The predicted molar refractivity (Wildman–Crippen MR) is 79.0 cm³/mol. The fourth-order valence-electron chi connectivity index (χ4n) is 2.63. The zero-order valence-corrected chi connectivity index (χ0v) is 12.4. The first-order valence-electron chi connectivity index (χ1n) is 6.58. The van der Waals surface area contributed by atoms with Crippen molar-refractivity contribution in [2.45, 2.75) is 17.7 Å². The smallest absolute Gasteiger partial charge is 0.238 e. The first kappa shape index (κ1) is 15.1. The van der Waals surface area contributed by atoms with Crippen molar-refractivity contribution in [1.29, 1.82) is 0 Å². The van der Waals surface area contributed by atoms with Crippen LogP contribution in [0.25, 0.3) is 0 Å². The van der Waals surface area contributed by atoms with E-state index < -0.39 is 10.0 Å². The number of rotatable bonds is 4. The maximum absolute atomic E-state index is 11.4. The Balaban J connectivity index is 2.27. The van der Waals surface area contributed by atoms with Crippen molar-refractivity contribution in [1.82, 2.24) is 0 Å². The first-order valence-corrected chi connectivity index (χ1v) is 8.12. The molecule has 0 radical (unpaired) electrons. The van der Waals surface area contributed by atoms with Gasteiger partial charge in [0.2, 0.25) is 10.0 Å². The van der Waals surface area contributed by atoms with Gasteiger partial charge >= 0.3 is 0 Å². The molecule has 1 fully saturated rings. The SMILES string of the molecule is COCC1CCCN(c2cc(S(N)(=O)=O)ccc2N)C1. The number of primary sulfonamides is 1. The molecule has 20 heavy (non-hydrogen) atoms. The molecule has 1 aromatic rings. The Labute approximate surface area is 119 Å². The summed E-state index contributed by atoms with van der Waals surface area (Å²) < 4.78 is 28.1. The molecule has 1 unspecified atom stereocenters. The van der Waals surface area contributed by atoms with Gasteiger partial charge in [0.1, 0.15) is 0 Å². The van der Waals surface area contributed by atoms with Gasteiger partial charge in [-0.05, 0) is 37.0 Å². The van der Waals surface area contributed by atoms with Crippen molar-refractivity contribution in [3.63, 3.8) is 0 Å². The second-order valence-corrected chi connectivity index (χ2v) is 6.74. The Hall–Kier alpha value is -1.31. The van der Waals surface area contributed by atoms with Crippen LogP contribution in [0.3, 0.4) is 0 Å². The van der Waals surface area contributed by atoms with Crippen LogP contribution < -0.4 is 15.8 Å². The van der Waals surface area contributed by atoms with Gasteiger partial charge in [-0.3, -0.25) is 0 Å². The summed E-state index contributed by atoms with van der Waals surface area (Å²) in [5.74, 6) is 0.436. The number of nitrogens with two attached hydrogens (primary N) is 2. The molecule has 112 valence electrons. The van der Waals surface area contributed by atoms with Gasteiger partial charge in [-0.2, -0.15) is 0 Å². The van der Waals surface area contributed by atoms with E-state index in [0.29, 0.717) is 18.2 Å². The lowest BCUT2D eigenvalue weighted by Crippen LogP contribution is -2.37. The van der Waals surface area contributed by atoms with E-state index in [9.17, 15) is 8.42 Å². The molecule has 0 bridgehead atoms. The van der Waals surface area contributed by atoms with Gasteiger partial charge in [0.15, 0.2) is 0 Å². The topological polar surface area (TPSA) is 98.6 Å². The lowest BCUT2D eigenvalue weighted by molar-refractivity contribution is 0.143. The Morgan fingerprint density at radius 3 is 2.85 bits per heavy atom. The van der Waals surface area contributed by atoms with E-state index in [1.165, 1.54) is 6.07 Å². The minimum absolute atomic E-state index is 0.0931. The third-order valence-corrected chi connectivity index (χ3v) is 4.50. The van der Waals surface area contributed by atoms with Gasteiger partial charge in [0.25, 0.3) is 0 Å². The summed E-state index contributed by atoms with van der Waals surface area (Å²) in [6.45, 7) is 2.37. The van der Waals surface area contributed by atoms with Gasteiger partial charge in [0.05, 0.1) is 22.9 Å². The standard InChI is InChI=1S/C13H21N3O3S/c1-19-9-10-3-2-6-16(8-10)13-7-11(20(15,17)18)4-5-12(13)14/h4-5,7,10H,2-3,6,8-9,14H2,1H3,(H2,15,17,18). The summed E-state index contributed by atoms with van der Waals surface area (Å²) >= 11 is 0. The van der Waals surface area contributed by atoms with E-state index in [-0.39, 0.29) is 4.90 Å². The molecular formula is C13H21N3O3S. The van der Waals surface area contributed by atoms with Crippen LogP contribution in [0.2, 0.25) is 0 Å². The zero-order chi connectivity index (χ0) is 14.8. The largest absolute Gasteiger partial charge is 0.397 e. The molecule has 0 spiro atoms. The monoisotopic (exact) mass is 299 g/mol. The Bertz CT molecular complexity index is 572. The average Bonchev–Trinajstić information content (AvgIpc) is 2.38. The molecule has 1 aliphatic rings. The van der Waals surface area contributed by atoms with Crippen LogP contribution >= 0.6 is 0 Å². The van der Waals surface area contributed by atoms with Crippen molar-refractivity contribution < 1.29 is 13.2 Å². The van der Waals surface area contributed by atoms with Crippen molar-refractivity contribution in [3.05, 3.63) is 18.2 Å². The summed E-state index contributed by atoms with van der Waals surface area (Å²) in [5, 5.41) is 5.17. The van der Waals surface area contributed by atoms with Crippen LogP contribution in [-0.4, -0.2) is 35.2 Å². The number of methoxy groups -OCH3 is 1. The van der Waals surface area contributed by atoms with E-state index in [2.05, 4.69) is 4.90 Å². The molecule has 0 aromatic heterocycles. The average molecular weight is 299 g/mol. The highest BCUT2D eigenvalue weighted by Crippen LogP contribution is 2.30. The van der Waals surface area contributed by atoms with Crippen LogP contribution in [0.1, 0.15) is 12.8 Å². The van der Waals surface area contributed by atoms with Crippen LogP contribution in [-0.2, 0) is 14.8 Å². The van der Waals surface area contributed by atoms with E-state index in [1.807, 2.05) is 0 Å². The number of anilines is 2. The van der Waals surface area contributed by atoms with Crippen molar-refractivity contribution in [2.75, 3.05) is 37.4 Å². The number of ether oxygens (including phenoxy) is 1. The molecule has 1 saturated heterocycles. The van der Waals surface area contributed by atoms with E-state index in [0.717, 1.165) is 31.6 Å².